The van der Waals surface area contributed by atoms with Crippen LogP contribution in [0.15, 0.2) is 18.2 Å². The van der Waals surface area contributed by atoms with E-state index in [4.69, 9.17) is 5.73 Å². The average Bonchev–Trinajstić information content (AvgIpc) is 2.46. The van der Waals surface area contributed by atoms with Gasteiger partial charge < -0.3 is 11.1 Å². The number of anilines is 1. The van der Waals surface area contributed by atoms with Crippen molar-refractivity contribution < 1.29 is 4.79 Å². The lowest BCUT2D eigenvalue weighted by Crippen LogP contribution is -2.16. The lowest BCUT2D eigenvalue weighted by atomic mass is 9.86. The van der Waals surface area contributed by atoms with Gasteiger partial charge in [-0.15, -0.1) is 0 Å². The number of hydrogen-bond acceptors (Lipinski definition) is 3. The molecule has 2 rings (SSSR count). The average molecular weight is 261 g/mol. The van der Waals surface area contributed by atoms with Gasteiger partial charge in [-0.05, 0) is 24.5 Å². The minimum atomic E-state index is 0.0623. The molecular formula is C15H23N3O. The zero-order valence-corrected chi connectivity index (χ0v) is 11.4. The standard InChI is InChI=1S/C15H23N3O/c16-11-13-7-4-8-14(17-13)18-15(19)10-9-12-5-2-1-3-6-12/h4,7-8,12H,1-3,5-6,9-11,16H2,(H,17,18,19). The van der Waals surface area contributed by atoms with Crippen molar-refractivity contribution in [3.05, 3.63) is 23.9 Å². The summed E-state index contributed by atoms with van der Waals surface area (Å²) >= 11 is 0. The summed E-state index contributed by atoms with van der Waals surface area (Å²) in [5.41, 5.74) is 6.33. The first-order valence-electron chi connectivity index (χ1n) is 7.24. The molecule has 0 aromatic carbocycles. The van der Waals surface area contributed by atoms with E-state index in [9.17, 15) is 4.79 Å². The van der Waals surface area contributed by atoms with Crippen molar-refractivity contribution in [1.82, 2.24) is 4.98 Å². The number of rotatable bonds is 5. The SMILES string of the molecule is NCc1cccc(NC(=O)CCC2CCCCC2)n1. The fourth-order valence-electron chi connectivity index (χ4n) is 2.68. The first-order chi connectivity index (χ1) is 9.28. The van der Waals surface area contributed by atoms with Crippen LogP contribution in [0.3, 0.4) is 0 Å². The summed E-state index contributed by atoms with van der Waals surface area (Å²) in [5, 5.41) is 2.85. The Kier molecular flexibility index (Phi) is 5.33. The second kappa shape index (κ2) is 7.24. The van der Waals surface area contributed by atoms with Crippen LogP contribution in [0, 0.1) is 5.92 Å². The molecule has 104 valence electrons. The van der Waals surface area contributed by atoms with E-state index in [0.29, 0.717) is 18.8 Å². The summed E-state index contributed by atoms with van der Waals surface area (Å²) in [6.45, 7) is 0.395. The third-order valence-electron chi connectivity index (χ3n) is 3.79. The van der Waals surface area contributed by atoms with Gasteiger partial charge in [0.05, 0.1) is 5.69 Å². The lowest BCUT2D eigenvalue weighted by molar-refractivity contribution is -0.116. The Bertz CT molecular complexity index is 414. The number of hydrogen-bond donors (Lipinski definition) is 2. The summed E-state index contributed by atoms with van der Waals surface area (Å²) in [6, 6.07) is 5.53. The highest BCUT2D eigenvalue weighted by Crippen LogP contribution is 2.27. The maximum absolute atomic E-state index is 11.9. The third-order valence-corrected chi connectivity index (χ3v) is 3.79. The predicted molar refractivity (Wildman–Crippen MR) is 76.6 cm³/mol. The summed E-state index contributed by atoms with van der Waals surface area (Å²) in [4.78, 5) is 16.1. The molecule has 0 bridgehead atoms. The largest absolute Gasteiger partial charge is 0.325 e. The van der Waals surface area contributed by atoms with Gasteiger partial charge in [0.25, 0.3) is 0 Å². The number of carbonyl (C=O) groups excluding carboxylic acids is 1. The Morgan fingerprint density at radius 2 is 2.11 bits per heavy atom. The number of nitrogens with zero attached hydrogens (tertiary/aromatic N) is 1. The number of pyridine rings is 1. The van der Waals surface area contributed by atoms with Gasteiger partial charge in [0.2, 0.25) is 5.91 Å². The van der Waals surface area contributed by atoms with Crippen molar-refractivity contribution in [2.45, 2.75) is 51.5 Å². The van der Waals surface area contributed by atoms with Gasteiger partial charge in [-0.1, -0.05) is 38.2 Å². The molecule has 1 aromatic heterocycles. The van der Waals surface area contributed by atoms with Crippen LogP contribution < -0.4 is 11.1 Å². The minimum Gasteiger partial charge on any atom is -0.325 e. The van der Waals surface area contributed by atoms with Gasteiger partial charge in [-0.25, -0.2) is 4.98 Å². The second-order valence-corrected chi connectivity index (χ2v) is 5.31. The second-order valence-electron chi connectivity index (χ2n) is 5.31. The molecule has 0 aliphatic heterocycles. The summed E-state index contributed by atoms with van der Waals surface area (Å²) in [6.07, 6.45) is 8.18. The van der Waals surface area contributed by atoms with Crippen LogP contribution in [-0.4, -0.2) is 10.9 Å². The monoisotopic (exact) mass is 261 g/mol. The van der Waals surface area contributed by atoms with E-state index >= 15 is 0 Å². The van der Waals surface area contributed by atoms with Crippen LogP contribution in [-0.2, 0) is 11.3 Å². The zero-order valence-electron chi connectivity index (χ0n) is 11.4. The normalized spacial score (nSPS) is 16.3. The van der Waals surface area contributed by atoms with Crippen LogP contribution in [0.4, 0.5) is 5.82 Å². The molecule has 1 fully saturated rings. The maximum Gasteiger partial charge on any atom is 0.225 e. The smallest absolute Gasteiger partial charge is 0.225 e. The quantitative estimate of drug-likeness (QED) is 0.856. The predicted octanol–water partition coefficient (Wildman–Crippen LogP) is 2.84. The van der Waals surface area contributed by atoms with E-state index in [0.717, 1.165) is 18.0 Å². The first-order valence-corrected chi connectivity index (χ1v) is 7.24. The Morgan fingerprint density at radius 3 is 2.84 bits per heavy atom. The van der Waals surface area contributed by atoms with Crippen molar-refractivity contribution >= 4 is 11.7 Å². The molecule has 1 amide bonds. The molecule has 3 N–H and O–H groups in total. The fourth-order valence-corrected chi connectivity index (χ4v) is 2.68. The van der Waals surface area contributed by atoms with E-state index in [2.05, 4.69) is 10.3 Å². The highest BCUT2D eigenvalue weighted by Gasteiger charge is 2.14. The molecule has 1 saturated carbocycles. The molecule has 1 aliphatic carbocycles. The van der Waals surface area contributed by atoms with Crippen LogP contribution in [0.25, 0.3) is 0 Å². The van der Waals surface area contributed by atoms with Gasteiger partial charge in [-0.2, -0.15) is 0 Å². The van der Waals surface area contributed by atoms with Crippen molar-refractivity contribution in [2.24, 2.45) is 11.7 Å². The number of nitrogens with one attached hydrogen (secondary N) is 1. The van der Waals surface area contributed by atoms with Crippen LogP contribution >= 0.6 is 0 Å². The van der Waals surface area contributed by atoms with Crippen molar-refractivity contribution in [3.63, 3.8) is 0 Å². The third kappa shape index (κ3) is 4.63. The van der Waals surface area contributed by atoms with Gasteiger partial charge in [-0.3, -0.25) is 4.79 Å². The lowest BCUT2D eigenvalue weighted by Gasteiger charge is -2.20. The maximum atomic E-state index is 11.9. The summed E-state index contributed by atoms with van der Waals surface area (Å²) in [7, 11) is 0. The molecule has 1 aromatic rings. The highest BCUT2D eigenvalue weighted by molar-refractivity contribution is 5.89. The van der Waals surface area contributed by atoms with Gasteiger partial charge in [0.15, 0.2) is 0 Å². The number of amides is 1. The van der Waals surface area contributed by atoms with Gasteiger partial charge in [0, 0.05) is 13.0 Å². The topological polar surface area (TPSA) is 68.0 Å². The van der Waals surface area contributed by atoms with E-state index in [-0.39, 0.29) is 5.91 Å². The summed E-state index contributed by atoms with van der Waals surface area (Å²) < 4.78 is 0. The van der Waals surface area contributed by atoms with Crippen LogP contribution in [0.2, 0.25) is 0 Å². The zero-order chi connectivity index (χ0) is 13.5. The van der Waals surface area contributed by atoms with Crippen molar-refractivity contribution in [2.75, 3.05) is 5.32 Å². The molecule has 0 radical (unpaired) electrons. The molecular weight excluding hydrogens is 238 g/mol. The molecule has 1 aliphatic rings. The molecule has 0 spiro atoms. The number of carbonyl (C=O) groups is 1. The van der Waals surface area contributed by atoms with E-state index in [1.807, 2.05) is 12.1 Å². The molecule has 0 saturated heterocycles. The van der Waals surface area contributed by atoms with Crippen molar-refractivity contribution in [3.8, 4) is 0 Å². The van der Waals surface area contributed by atoms with E-state index < -0.39 is 0 Å². The molecule has 4 nitrogen and oxygen atoms in total. The molecule has 19 heavy (non-hydrogen) atoms. The molecule has 0 unspecified atom stereocenters. The van der Waals surface area contributed by atoms with Crippen LogP contribution in [0.1, 0.15) is 50.6 Å². The van der Waals surface area contributed by atoms with Gasteiger partial charge >= 0.3 is 0 Å². The molecule has 1 heterocycles. The highest BCUT2D eigenvalue weighted by atomic mass is 16.1. The van der Waals surface area contributed by atoms with Crippen molar-refractivity contribution in [1.29, 1.82) is 0 Å². The number of aromatic nitrogens is 1. The Morgan fingerprint density at radius 1 is 1.32 bits per heavy atom. The Balaban J connectivity index is 1.76. The van der Waals surface area contributed by atoms with Gasteiger partial charge in [0.1, 0.15) is 5.82 Å². The van der Waals surface area contributed by atoms with E-state index in [1.54, 1.807) is 6.07 Å². The molecule has 4 heteroatoms. The minimum absolute atomic E-state index is 0.0623. The molecule has 0 atom stereocenters. The summed E-state index contributed by atoms with van der Waals surface area (Å²) in [5.74, 6) is 1.41. The van der Waals surface area contributed by atoms with E-state index in [1.165, 1.54) is 32.1 Å². The Labute approximate surface area is 114 Å². The first kappa shape index (κ1) is 14.0. The fraction of sp³-hybridized carbons (Fsp3) is 0.600. The Hall–Kier alpha value is -1.42. The number of nitrogens with two attached hydrogens (primary N) is 1. The van der Waals surface area contributed by atoms with Crippen LogP contribution in [0.5, 0.6) is 0 Å².